The molecule has 3 heterocycles. The van der Waals surface area contributed by atoms with Crippen molar-refractivity contribution in [1.29, 1.82) is 0 Å². The molecule has 3 aliphatic rings. The molecule has 3 aliphatic heterocycles. The summed E-state index contributed by atoms with van der Waals surface area (Å²) in [5.74, 6) is -0.395. The Bertz CT molecular complexity index is 989. The number of carbonyl (C=O) groups excluding carboxylic acids is 2. The van der Waals surface area contributed by atoms with Gasteiger partial charge in [0.25, 0.3) is 5.91 Å². The maximum Gasteiger partial charge on any atom is 0.418 e. The van der Waals surface area contributed by atoms with Crippen LogP contribution in [0, 0.1) is 0 Å². The first-order valence-corrected chi connectivity index (χ1v) is 13.7. The van der Waals surface area contributed by atoms with Crippen molar-refractivity contribution >= 4 is 29.3 Å². The second-order valence-corrected chi connectivity index (χ2v) is 11.0. The van der Waals surface area contributed by atoms with Crippen LogP contribution in [-0.2, 0) is 22.1 Å². The Hall–Kier alpha value is -2.24. The number of benzene rings is 1. The fourth-order valence-corrected chi connectivity index (χ4v) is 5.78. The number of carbonyl (C=O) groups is 2. The van der Waals surface area contributed by atoms with Gasteiger partial charge in [0.2, 0.25) is 0 Å². The number of nitrogens with two attached hydrogens (primary N) is 1. The molecule has 1 aromatic rings. The van der Waals surface area contributed by atoms with E-state index in [0.717, 1.165) is 64.3 Å². The second kappa shape index (κ2) is 12.3. The number of rotatable bonds is 5. The molecule has 2 amide bonds. The summed E-state index contributed by atoms with van der Waals surface area (Å²) < 4.78 is 46.3. The molecule has 38 heavy (non-hydrogen) atoms. The van der Waals surface area contributed by atoms with Gasteiger partial charge in [-0.3, -0.25) is 9.69 Å². The van der Waals surface area contributed by atoms with Gasteiger partial charge in [-0.1, -0.05) is 11.6 Å². The van der Waals surface area contributed by atoms with Crippen LogP contribution in [0.2, 0.25) is 5.02 Å². The van der Waals surface area contributed by atoms with Crippen LogP contribution in [0.25, 0.3) is 0 Å². The molecule has 2 N–H and O–H groups in total. The Balaban J connectivity index is 1.48. The van der Waals surface area contributed by atoms with Crippen molar-refractivity contribution in [3.05, 3.63) is 28.3 Å². The molecule has 1 atom stereocenters. The minimum atomic E-state index is -4.71. The highest BCUT2D eigenvalue weighted by Gasteiger charge is 2.37. The number of hydrogen-bond acceptors (Lipinski definition) is 6. The van der Waals surface area contributed by atoms with E-state index in [2.05, 4.69) is 16.8 Å². The highest BCUT2D eigenvalue weighted by atomic mass is 35.5. The SMILES string of the molecule is CN1CCN(C2CCN(C(=O)[C@@H](Cc3cc(Cl)c(N)c(C(F)(F)F)c3)OC(=O)N3CCCCC3)CC2)CC1. The molecule has 3 saturated heterocycles. The minimum absolute atomic E-state index is 0.133. The minimum Gasteiger partial charge on any atom is -0.436 e. The molecule has 0 aliphatic carbocycles. The number of piperidine rings is 2. The lowest BCUT2D eigenvalue weighted by Crippen LogP contribution is -2.54. The van der Waals surface area contributed by atoms with Crippen molar-refractivity contribution in [2.45, 2.75) is 56.8 Å². The lowest BCUT2D eigenvalue weighted by molar-refractivity contribution is -0.142. The highest BCUT2D eigenvalue weighted by molar-refractivity contribution is 6.33. The highest BCUT2D eigenvalue weighted by Crippen LogP contribution is 2.38. The number of nitrogen functional groups attached to an aromatic ring is 1. The molecule has 0 spiro atoms. The smallest absolute Gasteiger partial charge is 0.418 e. The van der Waals surface area contributed by atoms with Gasteiger partial charge in [-0.2, -0.15) is 13.2 Å². The molecule has 3 fully saturated rings. The van der Waals surface area contributed by atoms with E-state index >= 15 is 0 Å². The summed E-state index contributed by atoms with van der Waals surface area (Å²) in [7, 11) is 2.11. The van der Waals surface area contributed by atoms with E-state index in [0.29, 0.717) is 32.2 Å². The van der Waals surface area contributed by atoms with Crippen molar-refractivity contribution in [1.82, 2.24) is 19.6 Å². The molecule has 1 aromatic carbocycles. The zero-order valence-electron chi connectivity index (χ0n) is 21.8. The maximum atomic E-state index is 13.6. The third-order valence-electron chi connectivity index (χ3n) is 7.88. The Morgan fingerprint density at radius 3 is 2.24 bits per heavy atom. The van der Waals surface area contributed by atoms with Gasteiger partial charge in [0.1, 0.15) is 0 Å². The number of likely N-dealkylation sites (N-methyl/N-ethyl adjacent to an activating group) is 1. The first-order valence-electron chi connectivity index (χ1n) is 13.3. The second-order valence-electron chi connectivity index (χ2n) is 10.6. The van der Waals surface area contributed by atoms with Crippen LogP contribution in [0.5, 0.6) is 0 Å². The monoisotopic (exact) mass is 559 g/mol. The van der Waals surface area contributed by atoms with Crippen LogP contribution in [-0.4, -0.2) is 103 Å². The van der Waals surface area contributed by atoms with Gasteiger partial charge in [-0.05, 0) is 56.8 Å². The Kier molecular flexibility index (Phi) is 9.31. The van der Waals surface area contributed by atoms with Gasteiger partial charge in [-0.15, -0.1) is 0 Å². The number of hydrogen-bond donors (Lipinski definition) is 1. The van der Waals surface area contributed by atoms with Crippen molar-refractivity contribution in [2.75, 3.05) is 65.1 Å². The van der Waals surface area contributed by atoms with Gasteiger partial charge in [0.05, 0.1) is 16.3 Å². The number of nitrogens with zero attached hydrogens (tertiary/aromatic N) is 4. The number of alkyl halides is 3. The lowest BCUT2D eigenvalue weighted by atomic mass is 9.99. The standard InChI is InChI=1S/C26H37ClF3N5O3/c1-32-11-13-33(14-12-32)19-5-9-34(10-6-19)24(36)22(38-25(37)35-7-3-2-4-8-35)17-18-15-20(26(28,29)30)23(31)21(27)16-18/h15-16,19,22H,2-14,17,31H2,1H3/t22-/m1/s1. The predicted octanol–water partition coefficient (Wildman–Crippen LogP) is 3.71. The van der Waals surface area contributed by atoms with E-state index in [9.17, 15) is 22.8 Å². The summed E-state index contributed by atoms with van der Waals surface area (Å²) in [6.45, 7) is 6.07. The van der Waals surface area contributed by atoms with Crippen LogP contribution in [0.1, 0.15) is 43.2 Å². The summed E-state index contributed by atoms with van der Waals surface area (Å²) in [5, 5.41) is -0.253. The molecular weight excluding hydrogens is 523 g/mol. The van der Waals surface area contributed by atoms with Crippen molar-refractivity contribution in [3.8, 4) is 0 Å². The van der Waals surface area contributed by atoms with Crippen molar-refractivity contribution in [3.63, 3.8) is 0 Å². The third-order valence-corrected chi connectivity index (χ3v) is 8.19. The largest absolute Gasteiger partial charge is 0.436 e. The average Bonchev–Trinajstić information content (AvgIpc) is 2.90. The molecule has 212 valence electrons. The summed E-state index contributed by atoms with van der Waals surface area (Å²) >= 11 is 6.02. The number of amides is 2. The Morgan fingerprint density at radius 2 is 1.63 bits per heavy atom. The third kappa shape index (κ3) is 7.04. The van der Waals surface area contributed by atoms with E-state index in [1.807, 2.05) is 0 Å². The predicted molar refractivity (Wildman–Crippen MR) is 139 cm³/mol. The van der Waals surface area contributed by atoms with Crippen LogP contribution in [0.4, 0.5) is 23.7 Å². The van der Waals surface area contributed by atoms with E-state index in [1.165, 1.54) is 6.07 Å². The Morgan fingerprint density at radius 1 is 1.00 bits per heavy atom. The maximum absolute atomic E-state index is 13.6. The lowest BCUT2D eigenvalue weighted by Gasteiger charge is -2.42. The molecule has 0 unspecified atom stereocenters. The molecule has 0 saturated carbocycles. The number of halogens is 4. The average molecular weight is 560 g/mol. The number of piperazine rings is 1. The molecule has 0 aromatic heterocycles. The molecule has 0 bridgehead atoms. The fraction of sp³-hybridized carbons (Fsp3) is 0.692. The zero-order chi connectivity index (χ0) is 27.4. The summed E-state index contributed by atoms with van der Waals surface area (Å²) in [6, 6.07) is 2.57. The fourth-order valence-electron chi connectivity index (χ4n) is 5.53. The van der Waals surface area contributed by atoms with E-state index < -0.39 is 35.5 Å². The van der Waals surface area contributed by atoms with Crippen LogP contribution in [0.3, 0.4) is 0 Å². The van der Waals surface area contributed by atoms with E-state index in [-0.39, 0.29) is 17.0 Å². The summed E-state index contributed by atoms with van der Waals surface area (Å²) in [4.78, 5) is 34.5. The van der Waals surface area contributed by atoms with Gasteiger partial charge < -0.3 is 25.2 Å². The van der Waals surface area contributed by atoms with Gasteiger partial charge in [0, 0.05) is 64.8 Å². The van der Waals surface area contributed by atoms with E-state index in [4.69, 9.17) is 22.1 Å². The molecule has 0 radical (unpaired) electrons. The van der Waals surface area contributed by atoms with Crippen LogP contribution in [0.15, 0.2) is 12.1 Å². The number of likely N-dealkylation sites (tertiary alicyclic amines) is 2. The summed E-state index contributed by atoms with van der Waals surface area (Å²) in [5.41, 5.74) is 4.08. The van der Waals surface area contributed by atoms with Crippen LogP contribution >= 0.6 is 11.6 Å². The van der Waals surface area contributed by atoms with Crippen molar-refractivity contribution < 1.29 is 27.5 Å². The van der Waals surface area contributed by atoms with E-state index in [1.54, 1.807) is 9.80 Å². The molecule has 12 heteroatoms. The van der Waals surface area contributed by atoms with Gasteiger partial charge in [0.15, 0.2) is 6.10 Å². The van der Waals surface area contributed by atoms with Gasteiger partial charge in [-0.25, -0.2) is 4.79 Å². The van der Waals surface area contributed by atoms with Crippen LogP contribution < -0.4 is 5.73 Å². The molecule has 8 nitrogen and oxygen atoms in total. The first-order chi connectivity index (χ1) is 18.0. The first kappa shape index (κ1) is 28.8. The summed E-state index contributed by atoms with van der Waals surface area (Å²) in [6.07, 6.45) is -2.51. The molecule has 4 rings (SSSR count). The Labute approximate surface area is 226 Å². The zero-order valence-corrected chi connectivity index (χ0v) is 22.6. The number of anilines is 1. The molecular formula is C26H37ClF3N5O3. The topological polar surface area (TPSA) is 82.4 Å². The quantitative estimate of drug-likeness (QED) is 0.554. The number of ether oxygens (including phenoxy) is 1. The van der Waals surface area contributed by atoms with Crippen molar-refractivity contribution in [2.24, 2.45) is 0 Å². The normalized spacial score (nSPS) is 21.4. The van der Waals surface area contributed by atoms with Gasteiger partial charge >= 0.3 is 12.3 Å².